The third-order valence-corrected chi connectivity index (χ3v) is 13.5. The van der Waals surface area contributed by atoms with Crippen LogP contribution in [0.15, 0.2) is 160 Å². The van der Waals surface area contributed by atoms with Crippen molar-refractivity contribution in [1.82, 2.24) is 19.6 Å². The largest absolute Gasteiger partial charge is 0.488 e. The summed E-state index contributed by atoms with van der Waals surface area (Å²) in [6.45, 7) is 0. The van der Waals surface area contributed by atoms with Crippen molar-refractivity contribution in [2.75, 3.05) is 42.3 Å². The van der Waals surface area contributed by atoms with Crippen molar-refractivity contribution in [3.8, 4) is 22.6 Å². The number of guanidine groups is 2. The highest BCUT2D eigenvalue weighted by Crippen LogP contribution is 2.52. The Morgan fingerprint density at radius 3 is 1.51 bits per heavy atom. The number of fused-ring (bicyclic) bond motifs is 4. The van der Waals surface area contributed by atoms with E-state index in [-0.39, 0.29) is 47.8 Å². The third-order valence-electron chi connectivity index (χ3n) is 13.0. The first-order chi connectivity index (χ1) is 34.3. The van der Waals surface area contributed by atoms with Crippen molar-refractivity contribution < 1.29 is 38.7 Å². The van der Waals surface area contributed by atoms with E-state index in [2.05, 4.69) is 20.9 Å². The van der Waals surface area contributed by atoms with Crippen molar-refractivity contribution >= 4 is 64.1 Å². The van der Waals surface area contributed by atoms with Gasteiger partial charge in [-0.25, -0.2) is 9.98 Å². The molecule has 2 spiro atoms. The van der Waals surface area contributed by atoms with E-state index in [1.54, 1.807) is 71.5 Å². The monoisotopic (exact) mass is 1030 g/mol. The molecule has 4 unspecified atom stereocenters. The van der Waals surface area contributed by atoms with Gasteiger partial charge in [-0.2, -0.15) is 0 Å². The van der Waals surface area contributed by atoms with Crippen LogP contribution < -0.4 is 26.4 Å². The maximum absolute atomic E-state index is 13.5. The van der Waals surface area contributed by atoms with E-state index in [1.165, 1.54) is 20.8 Å². The number of carbonyl (C=O) groups is 4. The second kappa shape index (κ2) is 20.5. The molecule has 6 aromatic carbocycles. The number of ether oxygens (including phenoxy) is 2. The first-order valence-electron chi connectivity index (χ1n) is 23.0. The second-order valence-corrected chi connectivity index (χ2v) is 19.1. The SMILES string of the molecule is CN(C)C(=O)c1cccc(-c2ccc3c(c2)C2(CC(c4ccccc4)O3)N=C(N)N(C)C2=O)c1.CN(C)C(=O)c1cccc(B(O)O)c1.CN1C(=O)C2(CC(c3ccccc3)Oc3ccc(Br)cc32)N=C1N. The molecule has 0 saturated carbocycles. The predicted molar refractivity (Wildman–Crippen MR) is 279 cm³/mol. The van der Waals surface area contributed by atoms with Gasteiger partial charge in [-0.3, -0.25) is 29.0 Å². The molecule has 0 saturated heterocycles. The number of aliphatic imine (C=N–C) groups is 2. The lowest BCUT2D eigenvalue weighted by Gasteiger charge is -2.37. The fraction of sp³-hybridized carbons (Fsp3) is 0.222. The van der Waals surface area contributed by atoms with Gasteiger partial charge in [0.05, 0.1) is 0 Å². The van der Waals surface area contributed by atoms with E-state index in [9.17, 15) is 19.2 Å². The topological polar surface area (TPSA) is 217 Å². The van der Waals surface area contributed by atoms with E-state index in [0.717, 1.165) is 32.3 Å². The van der Waals surface area contributed by atoms with Crippen LogP contribution in [-0.2, 0) is 20.7 Å². The van der Waals surface area contributed by atoms with Gasteiger partial charge in [0.25, 0.3) is 23.6 Å². The molecule has 72 heavy (non-hydrogen) atoms. The smallest absolute Gasteiger partial charge is 0.485 e. The molecule has 16 nitrogen and oxygen atoms in total. The van der Waals surface area contributed by atoms with Crippen molar-refractivity contribution in [2.45, 2.75) is 36.1 Å². The molecule has 4 heterocycles. The Bertz CT molecular complexity index is 3120. The van der Waals surface area contributed by atoms with Crippen LogP contribution in [0, 0.1) is 0 Å². The van der Waals surface area contributed by atoms with Crippen LogP contribution in [-0.4, -0.2) is 115 Å². The Hall–Kier alpha value is -7.80. The predicted octanol–water partition coefficient (Wildman–Crippen LogP) is 5.58. The summed E-state index contributed by atoms with van der Waals surface area (Å²) in [5.41, 5.74) is 16.4. The van der Waals surface area contributed by atoms with Gasteiger partial charge in [0.1, 0.15) is 23.7 Å². The molecule has 18 heteroatoms. The zero-order valence-corrected chi connectivity index (χ0v) is 42.1. The molecule has 10 rings (SSSR count). The fourth-order valence-corrected chi connectivity index (χ4v) is 9.48. The Morgan fingerprint density at radius 1 is 0.611 bits per heavy atom. The van der Waals surface area contributed by atoms with Gasteiger partial charge < -0.3 is 40.8 Å². The molecule has 0 bridgehead atoms. The standard InChI is InChI=1S/C27H26N4O3.C18H16BrN3O2.C9H12BNO3/c1-30(2)24(32)20-11-7-10-18(14-20)19-12-13-22-21(15-19)27(25(33)31(3)26(28)29-27)16-23(34-22)17-8-5-4-6-9-17;1-22-16(23)18(21-17(22)20)10-15(11-5-3-2-4-6-11)24-14-8-7-12(19)9-13(14)18;1-11(2)9(12)7-4-3-5-8(6-7)10(13)14/h4-15,23H,16H2,1-3H3,(H2,28,29);2-9,15H,10H2,1H3,(H2,20,21);3-6,13-14H,1-2H3. The fourth-order valence-electron chi connectivity index (χ4n) is 9.11. The minimum absolute atomic E-state index is 0.0738. The van der Waals surface area contributed by atoms with E-state index in [1.807, 2.05) is 115 Å². The van der Waals surface area contributed by atoms with Crippen molar-refractivity contribution in [1.29, 1.82) is 0 Å². The van der Waals surface area contributed by atoms with Gasteiger partial charge in [0.15, 0.2) is 23.0 Å². The molecule has 4 aliphatic rings. The molecular formula is C54H54BBrN8O8. The van der Waals surface area contributed by atoms with Gasteiger partial charge >= 0.3 is 7.12 Å². The lowest BCUT2D eigenvalue weighted by atomic mass is 9.79. The molecule has 0 aromatic heterocycles. The molecule has 4 amide bonds. The van der Waals surface area contributed by atoms with Gasteiger partial charge in [0, 0.05) is 81.9 Å². The highest BCUT2D eigenvalue weighted by atomic mass is 79.9. The Labute approximate surface area is 426 Å². The number of likely N-dealkylation sites (N-methyl/N-ethyl adjacent to an activating group) is 2. The van der Waals surface area contributed by atoms with Crippen LogP contribution in [0.3, 0.4) is 0 Å². The second-order valence-electron chi connectivity index (χ2n) is 18.2. The molecule has 368 valence electrons. The number of nitrogens with two attached hydrogens (primary N) is 2. The van der Waals surface area contributed by atoms with Crippen LogP contribution in [0.5, 0.6) is 11.5 Å². The number of carbonyl (C=O) groups excluding carboxylic acids is 4. The Kier molecular flexibility index (Phi) is 14.4. The first kappa shape index (κ1) is 50.6. The lowest BCUT2D eigenvalue weighted by molar-refractivity contribution is -0.133. The summed E-state index contributed by atoms with van der Waals surface area (Å²) in [6, 6.07) is 44.8. The van der Waals surface area contributed by atoms with Crippen molar-refractivity contribution in [3.05, 3.63) is 183 Å². The number of halogens is 1. The number of hydrogen-bond acceptors (Lipinski definition) is 12. The highest BCUT2D eigenvalue weighted by molar-refractivity contribution is 9.10. The maximum Gasteiger partial charge on any atom is 0.488 e. The molecule has 6 N–H and O–H groups in total. The van der Waals surface area contributed by atoms with Gasteiger partial charge in [-0.1, -0.05) is 107 Å². The van der Waals surface area contributed by atoms with Gasteiger partial charge in [-0.05, 0) is 82.3 Å². The molecular weight excluding hydrogens is 979 g/mol. The van der Waals surface area contributed by atoms with Crippen LogP contribution >= 0.6 is 15.9 Å². The van der Waals surface area contributed by atoms with Crippen LogP contribution in [0.25, 0.3) is 11.1 Å². The molecule has 0 aliphatic carbocycles. The summed E-state index contributed by atoms with van der Waals surface area (Å²) in [5, 5.41) is 17.8. The van der Waals surface area contributed by atoms with Crippen LogP contribution in [0.4, 0.5) is 0 Å². The van der Waals surface area contributed by atoms with Crippen molar-refractivity contribution in [3.63, 3.8) is 0 Å². The summed E-state index contributed by atoms with van der Waals surface area (Å²) < 4.78 is 13.4. The Morgan fingerprint density at radius 2 is 1.06 bits per heavy atom. The molecule has 4 aliphatic heterocycles. The van der Waals surface area contributed by atoms with E-state index in [0.29, 0.717) is 46.5 Å². The minimum Gasteiger partial charge on any atom is -0.485 e. The first-order valence-corrected chi connectivity index (χ1v) is 23.8. The number of rotatable bonds is 6. The van der Waals surface area contributed by atoms with E-state index in [4.69, 9.17) is 36.0 Å². The third kappa shape index (κ3) is 9.80. The summed E-state index contributed by atoms with van der Waals surface area (Å²) >= 11 is 3.47. The van der Waals surface area contributed by atoms with Crippen molar-refractivity contribution in [2.24, 2.45) is 21.5 Å². The Balaban J connectivity index is 0.000000158. The molecule has 0 fully saturated rings. The van der Waals surface area contributed by atoms with Gasteiger partial charge in [0.2, 0.25) is 0 Å². The summed E-state index contributed by atoms with van der Waals surface area (Å²) in [6.07, 6.45) is 0.167. The van der Waals surface area contributed by atoms with E-state index >= 15 is 0 Å². The van der Waals surface area contributed by atoms with Gasteiger partial charge in [-0.15, -0.1) is 0 Å². The van der Waals surface area contributed by atoms with E-state index < -0.39 is 18.2 Å². The zero-order valence-electron chi connectivity index (χ0n) is 40.6. The molecule has 0 radical (unpaired) electrons. The highest BCUT2D eigenvalue weighted by Gasteiger charge is 2.55. The zero-order chi connectivity index (χ0) is 51.6. The number of benzene rings is 6. The van der Waals surface area contributed by atoms with Crippen LogP contribution in [0.1, 0.15) is 68.0 Å². The summed E-state index contributed by atoms with van der Waals surface area (Å²) in [5.74, 6) is 1.16. The number of nitrogens with zero attached hydrogens (tertiary/aromatic N) is 6. The normalized spacial score (nSPS) is 20.3. The maximum atomic E-state index is 13.5. The lowest BCUT2D eigenvalue weighted by Crippen LogP contribution is -2.43. The summed E-state index contributed by atoms with van der Waals surface area (Å²) in [7, 11) is 8.49. The number of hydrogen-bond donors (Lipinski definition) is 4. The average Bonchev–Trinajstić information content (AvgIpc) is 3.74. The summed E-state index contributed by atoms with van der Waals surface area (Å²) in [4.78, 5) is 65.5. The molecule has 4 atom stereocenters. The molecule has 6 aromatic rings. The average molecular weight is 1030 g/mol. The minimum atomic E-state index is -1.54. The quantitative estimate of drug-likeness (QED) is 0.152. The number of amides is 4. The van der Waals surface area contributed by atoms with Crippen LogP contribution in [0.2, 0.25) is 0 Å².